The van der Waals surface area contributed by atoms with E-state index >= 15 is 0 Å². The number of anilines is 1. The Morgan fingerprint density at radius 1 is 1.08 bits per heavy atom. The van der Waals surface area contributed by atoms with Gasteiger partial charge in [-0.2, -0.15) is 5.10 Å². The van der Waals surface area contributed by atoms with E-state index in [1.165, 1.54) is 10.6 Å². The van der Waals surface area contributed by atoms with Gasteiger partial charge in [-0.05, 0) is 43.7 Å². The second-order valence-corrected chi connectivity index (χ2v) is 9.13. The number of nitrogens with one attached hydrogen (secondary N) is 1. The zero-order valence-electron chi connectivity index (χ0n) is 20.1. The van der Waals surface area contributed by atoms with Crippen molar-refractivity contribution >= 4 is 45.1 Å². The van der Waals surface area contributed by atoms with Crippen molar-refractivity contribution in [1.82, 2.24) is 24.3 Å². The molecule has 36 heavy (non-hydrogen) atoms. The maximum atomic E-state index is 13.5. The normalized spacial score (nSPS) is 12.2. The number of aromatic nitrogens is 5. The molecule has 0 amide bonds. The van der Waals surface area contributed by atoms with E-state index in [4.69, 9.17) is 16.6 Å². The summed E-state index contributed by atoms with van der Waals surface area (Å²) in [6.07, 6.45) is 0. The molecule has 1 atom stereocenters. The minimum atomic E-state index is -1.20. The fourth-order valence-electron chi connectivity index (χ4n) is 4.50. The number of aromatic carboxylic acids is 1. The highest BCUT2D eigenvalue weighted by molar-refractivity contribution is 6.29. The summed E-state index contributed by atoms with van der Waals surface area (Å²) in [5.74, 6) is -0.751. The molecule has 1 unspecified atom stereocenters. The molecule has 0 radical (unpaired) electrons. The lowest BCUT2D eigenvalue weighted by Gasteiger charge is -2.20. The van der Waals surface area contributed by atoms with Gasteiger partial charge in [0.05, 0.1) is 28.1 Å². The second-order valence-electron chi connectivity index (χ2n) is 8.74. The van der Waals surface area contributed by atoms with Gasteiger partial charge >= 0.3 is 5.97 Å². The maximum absolute atomic E-state index is 13.5. The van der Waals surface area contributed by atoms with Gasteiger partial charge in [-0.15, -0.1) is 0 Å². The highest BCUT2D eigenvalue weighted by Gasteiger charge is 2.22. The van der Waals surface area contributed by atoms with E-state index in [1.54, 1.807) is 17.8 Å². The number of carboxylic acid groups (broad SMARTS) is 1. The first-order valence-corrected chi connectivity index (χ1v) is 11.6. The van der Waals surface area contributed by atoms with Gasteiger partial charge in [-0.25, -0.2) is 14.8 Å². The molecule has 3 heterocycles. The molecule has 5 aromatic rings. The fraction of sp³-hybridized carbons (Fsp3) is 0.192. The van der Waals surface area contributed by atoms with E-state index < -0.39 is 12.0 Å². The average molecular weight is 503 g/mol. The summed E-state index contributed by atoms with van der Waals surface area (Å²) in [5.41, 5.74) is 3.62. The first-order valence-electron chi connectivity index (χ1n) is 11.3. The van der Waals surface area contributed by atoms with Gasteiger partial charge in [-0.3, -0.25) is 14.0 Å². The van der Waals surface area contributed by atoms with Crippen LogP contribution in [0.3, 0.4) is 0 Å². The molecule has 2 aromatic carbocycles. The standard InChI is InChI=1S/C26H23ClN6O3/c1-13-11-16(14(2)28-18-9-10-20(27)29-23(18)26(35)36)21-17(12-13)25(34)32(3)24(30-21)22-15-7-5-6-8-19(15)33(4)31-22/h5-12,14,28H,1-4H3,(H,35,36). The average Bonchev–Trinajstić information content (AvgIpc) is 3.18. The van der Waals surface area contributed by atoms with Crippen molar-refractivity contribution < 1.29 is 9.90 Å². The molecule has 0 aliphatic rings. The number of fused-ring (bicyclic) bond motifs is 2. The molecule has 0 aliphatic carbocycles. The molecule has 0 bridgehead atoms. The quantitative estimate of drug-likeness (QED) is 0.334. The highest BCUT2D eigenvalue weighted by atomic mass is 35.5. The van der Waals surface area contributed by atoms with Crippen molar-refractivity contribution in [3.05, 3.63) is 80.9 Å². The Hall–Kier alpha value is -4.24. The summed E-state index contributed by atoms with van der Waals surface area (Å²) in [6.45, 7) is 3.78. The molecule has 2 N–H and O–H groups in total. The van der Waals surface area contributed by atoms with E-state index in [9.17, 15) is 14.7 Å². The third-order valence-corrected chi connectivity index (χ3v) is 6.44. The van der Waals surface area contributed by atoms with E-state index in [1.807, 2.05) is 57.3 Å². The van der Waals surface area contributed by atoms with Crippen molar-refractivity contribution in [3.8, 4) is 11.5 Å². The Morgan fingerprint density at radius 3 is 2.58 bits per heavy atom. The van der Waals surface area contributed by atoms with Gasteiger partial charge in [0.15, 0.2) is 11.5 Å². The number of para-hydroxylation sites is 1. The molecule has 10 heteroatoms. The van der Waals surface area contributed by atoms with Gasteiger partial charge in [-0.1, -0.05) is 35.9 Å². The summed E-state index contributed by atoms with van der Waals surface area (Å²) in [4.78, 5) is 34.1. The van der Waals surface area contributed by atoms with Crippen molar-refractivity contribution in [2.24, 2.45) is 14.1 Å². The number of hydrogen-bond donors (Lipinski definition) is 2. The number of rotatable bonds is 5. The number of carboxylic acids is 1. The van der Waals surface area contributed by atoms with Crippen LogP contribution in [-0.4, -0.2) is 35.4 Å². The van der Waals surface area contributed by atoms with Gasteiger partial charge in [0.1, 0.15) is 10.8 Å². The Morgan fingerprint density at radius 2 is 1.83 bits per heavy atom. The molecule has 0 saturated carbocycles. The first-order chi connectivity index (χ1) is 17.2. The molecule has 0 fully saturated rings. The minimum Gasteiger partial charge on any atom is -0.476 e. The van der Waals surface area contributed by atoms with E-state index in [-0.39, 0.29) is 16.4 Å². The molecule has 0 aliphatic heterocycles. The summed E-state index contributed by atoms with van der Waals surface area (Å²) in [6, 6.07) is 14.2. The van der Waals surface area contributed by atoms with Crippen LogP contribution in [0.1, 0.15) is 34.6 Å². The monoisotopic (exact) mass is 502 g/mol. The number of aryl methyl sites for hydroxylation is 2. The van der Waals surface area contributed by atoms with E-state index in [0.717, 1.165) is 22.0 Å². The van der Waals surface area contributed by atoms with Gasteiger partial charge in [0.2, 0.25) is 0 Å². The molecule has 5 rings (SSSR count). The maximum Gasteiger partial charge on any atom is 0.356 e. The lowest BCUT2D eigenvalue weighted by atomic mass is 10.0. The van der Waals surface area contributed by atoms with Crippen LogP contribution in [0.25, 0.3) is 33.3 Å². The predicted molar refractivity (Wildman–Crippen MR) is 140 cm³/mol. The lowest BCUT2D eigenvalue weighted by Crippen LogP contribution is -2.22. The van der Waals surface area contributed by atoms with E-state index in [0.29, 0.717) is 28.1 Å². The van der Waals surface area contributed by atoms with Gasteiger partial charge in [0.25, 0.3) is 5.56 Å². The second kappa shape index (κ2) is 8.76. The highest BCUT2D eigenvalue weighted by Crippen LogP contribution is 2.31. The number of carbonyl (C=O) groups is 1. The van der Waals surface area contributed by atoms with Crippen LogP contribution >= 0.6 is 11.6 Å². The number of benzene rings is 2. The Balaban J connectivity index is 1.71. The topological polar surface area (TPSA) is 115 Å². The van der Waals surface area contributed by atoms with Crippen LogP contribution in [0.5, 0.6) is 0 Å². The molecule has 0 saturated heterocycles. The van der Waals surface area contributed by atoms with Crippen LogP contribution in [0.15, 0.2) is 53.3 Å². The first kappa shape index (κ1) is 23.5. The van der Waals surface area contributed by atoms with Crippen molar-refractivity contribution in [3.63, 3.8) is 0 Å². The zero-order valence-corrected chi connectivity index (χ0v) is 20.8. The largest absolute Gasteiger partial charge is 0.476 e. The Kier molecular flexibility index (Phi) is 5.72. The molecular formula is C26H23ClN6O3. The Labute approximate surface area is 211 Å². The van der Waals surface area contributed by atoms with Crippen LogP contribution in [-0.2, 0) is 14.1 Å². The summed E-state index contributed by atoms with van der Waals surface area (Å²) >= 11 is 5.91. The number of nitrogens with zero attached hydrogens (tertiary/aromatic N) is 5. The molecule has 182 valence electrons. The van der Waals surface area contributed by atoms with Crippen LogP contribution < -0.4 is 10.9 Å². The molecule has 9 nitrogen and oxygen atoms in total. The summed E-state index contributed by atoms with van der Waals surface area (Å²) in [7, 11) is 3.54. The van der Waals surface area contributed by atoms with Crippen LogP contribution in [0.4, 0.5) is 5.69 Å². The predicted octanol–water partition coefficient (Wildman–Crippen LogP) is 4.72. The number of halogens is 1. The van der Waals surface area contributed by atoms with Crippen LogP contribution in [0.2, 0.25) is 5.15 Å². The summed E-state index contributed by atoms with van der Waals surface area (Å²) in [5, 5.41) is 18.9. The minimum absolute atomic E-state index is 0.0870. The van der Waals surface area contributed by atoms with Gasteiger partial charge < -0.3 is 10.4 Å². The fourth-order valence-corrected chi connectivity index (χ4v) is 4.65. The molecule has 3 aromatic heterocycles. The lowest BCUT2D eigenvalue weighted by molar-refractivity contribution is 0.0691. The molecular weight excluding hydrogens is 480 g/mol. The Bertz CT molecular complexity index is 1740. The summed E-state index contributed by atoms with van der Waals surface area (Å²) < 4.78 is 3.28. The van der Waals surface area contributed by atoms with Crippen molar-refractivity contribution in [1.29, 1.82) is 0 Å². The third-order valence-electron chi connectivity index (χ3n) is 6.23. The third kappa shape index (κ3) is 3.87. The SMILES string of the molecule is Cc1cc(C(C)Nc2ccc(Cl)nc2C(=O)O)c2nc(-c3nn(C)c4ccccc34)n(C)c(=O)c2c1. The van der Waals surface area contributed by atoms with Crippen molar-refractivity contribution in [2.45, 2.75) is 19.9 Å². The smallest absolute Gasteiger partial charge is 0.356 e. The molecule has 0 spiro atoms. The van der Waals surface area contributed by atoms with E-state index in [2.05, 4.69) is 15.4 Å². The van der Waals surface area contributed by atoms with Gasteiger partial charge in [0, 0.05) is 25.0 Å². The van der Waals surface area contributed by atoms with Crippen LogP contribution in [0, 0.1) is 6.92 Å². The zero-order chi connectivity index (χ0) is 25.7. The number of hydrogen-bond acceptors (Lipinski definition) is 6. The number of pyridine rings is 1. The van der Waals surface area contributed by atoms with Crippen molar-refractivity contribution in [2.75, 3.05) is 5.32 Å².